The number of nitrogens with one attached hydrogen (secondary N) is 1. The summed E-state index contributed by atoms with van der Waals surface area (Å²) >= 11 is 0. The molecule has 6 aromatic carbocycles. The minimum atomic E-state index is -0.209. The topological polar surface area (TPSA) is 27.6 Å². The monoisotopic (exact) mass is 695 g/mol. The first-order chi connectivity index (χ1) is 26.5. The Hall–Kier alpha value is -6.19. The zero-order valence-electron chi connectivity index (χ0n) is 30.6. The summed E-state index contributed by atoms with van der Waals surface area (Å²) in [4.78, 5) is 8.19. The maximum atomic E-state index is 5.67. The molecule has 0 radical (unpaired) electrons. The number of aliphatic imine (C=N–C) groups is 1. The van der Waals surface area contributed by atoms with Crippen molar-refractivity contribution in [2.45, 2.75) is 50.1 Å². The highest BCUT2D eigenvalue weighted by atomic mass is 15.2. The van der Waals surface area contributed by atoms with Crippen molar-refractivity contribution in [2.75, 3.05) is 4.90 Å². The van der Waals surface area contributed by atoms with Crippen molar-refractivity contribution in [3.63, 3.8) is 0 Å². The van der Waals surface area contributed by atoms with Crippen LogP contribution in [0.1, 0.15) is 71.2 Å². The molecule has 3 nitrogen and oxygen atoms in total. The highest BCUT2D eigenvalue weighted by Gasteiger charge is 2.43. The molecule has 0 bridgehead atoms. The van der Waals surface area contributed by atoms with Gasteiger partial charge in [0.15, 0.2) is 0 Å². The lowest BCUT2D eigenvalue weighted by atomic mass is 9.83. The van der Waals surface area contributed by atoms with Gasteiger partial charge in [-0.2, -0.15) is 0 Å². The first-order valence-corrected chi connectivity index (χ1v) is 19.4. The van der Waals surface area contributed by atoms with Crippen molar-refractivity contribution >= 4 is 39.6 Å². The first-order valence-electron chi connectivity index (χ1n) is 19.4. The van der Waals surface area contributed by atoms with Crippen LogP contribution in [0.5, 0.6) is 0 Å². The van der Waals surface area contributed by atoms with E-state index in [9.17, 15) is 0 Å². The first kappa shape index (κ1) is 31.3. The summed E-state index contributed by atoms with van der Waals surface area (Å²) < 4.78 is 0. The molecule has 3 heteroatoms. The van der Waals surface area contributed by atoms with Gasteiger partial charge in [0, 0.05) is 34.0 Å². The molecular weight excluding hydrogens is 655 g/mol. The SMILES string of the molecule is CC1(C)C2=C(N=C(c3ccc(N4c5cc6ccccc6cc5C5C=CC=CC54)cc3)C(c3ccccc3)N2)c2cc(-c3ccc4c(c3)C=CCC4)ccc21. The second-order valence-electron chi connectivity index (χ2n) is 15.9. The maximum Gasteiger partial charge on any atom is 0.0944 e. The molecule has 3 aliphatic carbocycles. The molecular formula is C51H41N3. The third-order valence-electron chi connectivity index (χ3n) is 12.5. The van der Waals surface area contributed by atoms with Gasteiger partial charge in [-0.05, 0) is 105 Å². The van der Waals surface area contributed by atoms with E-state index in [4.69, 9.17) is 4.99 Å². The van der Waals surface area contributed by atoms with Crippen molar-refractivity contribution < 1.29 is 0 Å². The van der Waals surface area contributed by atoms with Gasteiger partial charge in [-0.25, -0.2) is 4.99 Å². The average Bonchev–Trinajstić information content (AvgIpc) is 3.66. The zero-order chi connectivity index (χ0) is 36.0. The largest absolute Gasteiger partial charge is 0.374 e. The van der Waals surface area contributed by atoms with E-state index in [0.29, 0.717) is 5.92 Å². The second kappa shape index (κ2) is 11.9. The molecule has 5 aliphatic rings. The summed E-state index contributed by atoms with van der Waals surface area (Å²) in [5.41, 5.74) is 17.1. The van der Waals surface area contributed by atoms with E-state index >= 15 is 0 Å². The van der Waals surface area contributed by atoms with E-state index in [2.05, 4.69) is 188 Å². The van der Waals surface area contributed by atoms with Crippen molar-refractivity contribution in [1.29, 1.82) is 0 Å². The molecule has 54 heavy (non-hydrogen) atoms. The molecule has 260 valence electrons. The lowest BCUT2D eigenvalue weighted by molar-refractivity contribution is 0.554. The molecule has 2 aliphatic heterocycles. The molecule has 11 rings (SSSR count). The van der Waals surface area contributed by atoms with E-state index in [1.807, 2.05) is 0 Å². The van der Waals surface area contributed by atoms with Gasteiger partial charge in [-0.15, -0.1) is 0 Å². The molecule has 3 unspecified atom stereocenters. The standard InChI is InChI=1S/C51H41N3/c1-51(2)44-27-24-39(38-21-20-32-12-6-7-15-35(32)28-38)30-43(44)49-50(51)53-48(33-13-4-3-5-14-33)47(52-49)34-22-25-40(26-23-34)54-45-19-11-10-18-41(45)42-29-36-16-8-9-17-37(36)31-46(42)54/h3-5,7-11,13-31,41,45,48,53H,6,12H2,1-2H3. The van der Waals surface area contributed by atoms with Crippen molar-refractivity contribution in [3.8, 4) is 11.1 Å². The molecule has 0 fully saturated rings. The van der Waals surface area contributed by atoms with Gasteiger partial charge in [0.05, 0.1) is 23.5 Å². The fraction of sp³-hybridized carbons (Fsp3) is 0.157. The minimum Gasteiger partial charge on any atom is -0.374 e. The normalized spacial score (nSPS) is 21.3. The predicted molar refractivity (Wildman–Crippen MR) is 225 cm³/mol. The molecule has 0 amide bonds. The van der Waals surface area contributed by atoms with E-state index < -0.39 is 0 Å². The fourth-order valence-electron chi connectivity index (χ4n) is 9.63. The third-order valence-corrected chi connectivity index (χ3v) is 12.5. The van der Waals surface area contributed by atoms with Crippen LogP contribution in [0.2, 0.25) is 0 Å². The van der Waals surface area contributed by atoms with Gasteiger partial charge in [0.25, 0.3) is 0 Å². The number of rotatable bonds is 4. The molecule has 0 saturated carbocycles. The number of anilines is 2. The van der Waals surface area contributed by atoms with Crippen LogP contribution in [0.3, 0.4) is 0 Å². The lowest BCUT2D eigenvalue weighted by Crippen LogP contribution is -2.37. The second-order valence-corrected chi connectivity index (χ2v) is 15.9. The highest BCUT2D eigenvalue weighted by molar-refractivity contribution is 6.10. The van der Waals surface area contributed by atoms with Gasteiger partial charge in [0.2, 0.25) is 0 Å². The highest BCUT2D eigenvalue weighted by Crippen LogP contribution is 2.51. The smallest absolute Gasteiger partial charge is 0.0944 e. The maximum absolute atomic E-state index is 5.67. The van der Waals surface area contributed by atoms with E-state index in [1.54, 1.807) is 0 Å². The number of aryl methyl sites for hydroxylation is 1. The van der Waals surface area contributed by atoms with Crippen molar-refractivity contribution in [3.05, 3.63) is 202 Å². The number of benzene rings is 6. The summed E-state index contributed by atoms with van der Waals surface area (Å²) in [6, 6.07) is 47.6. The molecule has 3 atom stereocenters. The van der Waals surface area contributed by atoms with Crippen LogP contribution in [0, 0.1) is 0 Å². The Bertz CT molecular complexity index is 2670. The van der Waals surface area contributed by atoms with Crippen molar-refractivity contribution in [2.24, 2.45) is 4.99 Å². The Morgan fingerprint density at radius 2 is 1.46 bits per heavy atom. The van der Waals surface area contributed by atoms with E-state index in [-0.39, 0.29) is 17.5 Å². The molecule has 2 heterocycles. The third kappa shape index (κ3) is 4.77. The minimum absolute atomic E-state index is 0.0778. The summed E-state index contributed by atoms with van der Waals surface area (Å²) in [6.45, 7) is 4.67. The zero-order valence-corrected chi connectivity index (χ0v) is 30.6. The van der Waals surface area contributed by atoms with Crippen LogP contribution < -0.4 is 10.2 Å². The molecule has 0 spiro atoms. The Kier molecular flexibility index (Phi) is 6.91. The number of fused-ring (bicyclic) bond motifs is 7. The van der Waals surface area contributed by atoms with Crippen LogP contribution in [0.25, 0.3) is 33.7 Å². The van der Waals surface area contributed by atoms with Crippen LogP contribution >= 0.6 is 0 Å². The molecule has 6 aromatic rings. The Labute approximate surface area is 317 Å². The van der Waals surface area contributed by atoms with E-state index in [1.165, 1.54) is 72.4 Å². The number of allylic oxidation sites excluding steroid dienone is 4. The summed E-state index contributed by atoms with van der Waals surface area (Å²) in [5, 5.41) is 6.63. The van der Waals surface area contributed by atoms with Gasteiger partial charge in [0.1, 0.15) is 0 Å². The van der Waals surface area contributed by atoms with Crippen LogP contribution in [-0.4, -0.2) is 11.8 Å². The summed E-state index contributed by atoms with van der Waals surface area (Å²) in [6.07, 6.45) is 15.9. The molecule has 1 N–H and O–H groups in total. The van der Waals surface area contributed by atoms with Gasteiger partial charge >= 0.3 is 0 Å². The van der Waals surface area contributed by atoms with Crippen LogP contribution in [0.15, 0.2) is 168 Å². The Morgan fingerprint density at radius 3 is 2.31 bits per heavy atom. The quantitative estimate of drug-likeness (QED) is 0.199. The Balaban J connectivity index is 1.01. The summed E-state index contributed by atoms with van der Waals surface area (Å²) in [5.74, 6) is 0.322. The number of hydrogen-bond acceptors (Lipinski definition) is 3. The van der Waals surface area contributed by atoms with Crippen molar-refractivity contribution in [1.82, 2.24) is 5.32 Å². The Morgan fingerprint density at radius 1 is 0.722 bits per heavy atom. The van der Waals surface area contributed by atoms with Crippen LogP contribution in [0.4, 0.5) is 11.4 Å². The molecule has 0 saturated heterocycles. The van der Waals surface area contributed by atoms with E-state index in [0.717, 1.165) is 29.8 Å². The number of nitrogens with zero attached hydrogens (tertiary/aromatic N) is 2. The summed E-state index contributed by atoms with van der Waals surface area (Å²) in [7, 11) is 0. The average molecular weight is 696 g/mol. The fourth-order valence-corrected chi connectivity index (χ4v) is 9.63. The van der Waals surface area contributed by atoms with Gasteiger partial charge in [-0.1, -0.05) is 141 Å². The van der Waals surface area contributed by atoms with Crippen LogP contribution in [-0.2, 0) is 11.8 Å². The molecule has 0 aromatic heterocycles. The number of hydrogen-bond donors (Lipinski definition) is 1. The van der Waals surface area contributed by atoms with Gasteiger partial charge in [-0.3, -0.25) is 0 Å². The lowest BCUT2D eigenvalue weighted by Gasteiger charge is -2.33. The predicted octanol–water partition coefficient (Wildman–Crippen LogP) is 12.0. The van der Waals surface area contributed by atoms with Gasteiger partial charge < -0.3 is 10.2 Å².